The Balaban J connectivity index is 0.000000203. The second kappa shape index (κ2) is 4.94. The summed E-state index contributed by atoms with van der Waals surface area (Å²) in [5.74, 6) is -3.13. The van der Waals surface area contributed by atoms with Gasteiger partial charge < -0.3 is 15.3 Å². The number of carboxylic acids is 1. The maximum absolute atomic E-state index is 12.8. The Hall–Kier alpha value is -2.25. The third kappa shape index (κ3) is 3.37. The van der Waals surface area contributed by atoms with Crippen molar-refractivity contribution in [2.24, 2.45) is 0 Å². The van der Waals surface area contributed by atoms with Gasteiger partial charge in [0.15, 0.2) is 5.82 Å². The SMILES string of the molecule is Nc1ccc2occ(F)c2c1.O=C(O)C(F)(F)F. The molecule has 0 spiro atoms. The summed E-state index contributed by atoms with van der Waals surface area (Å²) in [6.07, 6.45) is -4.01. The minimum atomic E-state index is -5.08. The number of rotatable bonds is 0. The smallest absolute Gasteiger partial charge is 0.475 e. The molecule has 1 heterocycles. The lowest BCUT2D eigenvalue weighted by molar-refractivity contribution is -0.192. The molecule has 0 saturated heterocycles. The van der Waals surface area contributed by atoms with Crippen molar-refractivity contribution in [3.05, 3.63) is 30.3 Å². The Bertz CT molecular complexity index is 562. The number of nitrogen functional groups attached to an aromatic ring is 1. The predicted molar refractivity (Wildman–Crippen MR) is 54.3 cm³/mol. The molecule has 0 radical (unpaired) electrons. The predicted octanol–water partition coefficient (Wildman–Crippen LogP) is 2.79. The van der Waals surface area contributed by atoms with E-state index in [-0.39, 0.29) is 5.82 Å². The Morgan fingerprint density at radius 3 is 2.39 bits per heavy atom. The Morgan fingerprint density at radius 1 is 1.33 bits per heavy atom. The number of hydrogen-bond donors (Lipinski definition) is 2. The Morgan fingerprint density at radius 2 is 1.89 bits per heavy atom. The molecule has 18 heavy (non-hydrogen) atoms. The van der Waals surface area contributed by atoms with Crippen LogP contribution in [-0.4, -0.2) is 17.3 Å². The van der Waals surface area contributed by atoms with Crippen molar-refractivity contribution in [3.63, 3.8) is 0 Å². The molecule has 0 unspecified atom stereocenters. The first-order valence-electron chi connectivity index (χ1n) is 4.44. The van der Waals surface area contributed by atoms with Crippen molar-refractivity contribution in [1.82, 2.24) is 0 Å². The summed E-state index contributed by atoms with van der Waals surface area (Å²) >= 11 is 0. The second-order valence-electron chi connectivity index (χ2n) is 3.14. The van der Waals surface area contributed by atoms with E-state index in [9.17, 15) is 17.6 Å². The lowest BCUT2D eigenvalue weighted by atomic mass is 10.2. The van der Waals surface area contributed by atoms with Crippen LogP contribution in [0.4, 0.5) is 23.2 Å². The molecule has 4 nitrogen and oxygen atoms in total. The first kappa shape index (κ1) is 13.8. The summed E-state index contributed by atoms with van der Waals surface area (Å²) in [5, 5.41) is 7.56. The Kier molecular flexibility index (Phi) is 3.79. The molecule has 0 fully saturated rings. The minimum absolute atomic E-state index is 0.368. The molecule has 98 valence electrons. The van der Waals surface area contributed by atoms with Gasteiger partial charge in [0.05, 0.1) is 5.39 Å². The molecule has 1 aromatic heterocycles. The molecule has 0 aliphatic carbocycles. The van der Waals surface area contributed by atoms with Gasteiger partial charge in [0.1, 0.15) is 11.8 Å². The van der Waals surface area contributed by atoms with Crippen LogP contribution >= 0.6 is 0 Å². The molecule has 3 N–H and O–H groups in total. The van der Waals surface area contributed by atoms with Crippen LogP contribution in [0.3, 0.4) is 0 Å². The van der Waals surface area contributed by atoms with E-state index in [4.69, 9.17) is 20.1 Å². The van der Waals surface area contributed by atoms with Gasteiger partial charge in [-0.3, -0.25) is 0 Å². The zero-order chi connectivity index (χ0) is 13.9. The third-order valence-electron chi connectivity index (χ3n) is 1.79. The van der Waals surface area contributed by atoms with Crippen LogP contribution < -0.4 is 5.73 Å². The van der Waals surface area contributed by atoms with Gasteiger partial charge in [-0.1, -0.05) is 0 Å². The molecular weight excluding hydrogens is 258 g/mol. The van der Waals surface area contributed by atoms with E-state index in [1.165, 1.54) is 0 Å². The lowest BCUT2D eigenvalue weighted by Gasteiger charge is -1.93. The van der Waals surface area contributed by atoms with Crippen LogP contribution in [0.1, 0.15) is 0 Å². The first-order chi connectivity index (χ1) is 8.21. The summed E-state index contributed by atoms with van der Waals surface area (Å²) in [6.45, 7) is 0. The van der Waals surface area contributed by atoms with E-state index in [0.29, 0.717) is 16.7 Å². The number of hydrogen-bond acceptors (Lipinski definition) is 3. The van der Waals surface area contributed by atoms with E-state index < -0.39 is 12.1 Å². The summed E-state index contributed by atoms with van der Waals surface area (Å²) in [5.41, 5.74) is 6.51. The molecule has 1 aromatic carbocycles. The van der Waals surface area contributed by atoms with Crippen LogP contribution in [0, 0.1) is 5.82 Å². The molecule has 2 aromatic rings. The number of anilines is 1. The average Bonchev–Trinajstić information content (AvgIpc) is 2.60. The highest BCUT2D eigenvalue weighted by Gasteiger charge is 2.38. The number of aliphatic carboxylic acids is 1. The van der Waals surface area contributed by atoms with E-state index in [0.717, 1.165) is 6.26 Å². The topological polar surface area (TPSA) is 76.5 Å². The van der Waals surface area contributed by atoms with Crippen molar-refractivity contribution in [1.29, 1.82) is 0 Å². The highest BCUT2D eigenvalue weighted by molar-refractivity contribution is 5.81. The number of fused-ring (bicyclic) bond motifs is 1. The Labute approximate surface area is 97.6 Å². The molecule has 0 atom stereocenters. The summed E-state index contributed by atoms with van der Waals surface area (Å²) in [7, 11) is 0. The molecule has 2 rings (SSSR count). The first-order valence-corrected chi connectivity index (χ1v) is 4.44. The van der Waals surface area contributed by atoms with Crippen molar-refractivity contribution in [2.75, 3.05) is 5.73 Å². The van der Waals surface area contributed by atoms with Crippen LogP contribution in [0.5, 0.6) is 0 Å². The van der Waals surface area contributed by atoms with Gasteiger partial charge in [-0.25, -0.2) is 9.18 Å². The molecule has 0 aliphatic heterocycles. The lowest BCUT2D eigenvalue weighted by Crippen LogP contribution is -2.21. The summed E-state index contributed by atoms with van der Waals surface area (Å²) in [4.78, 5) is 8.90. The van der Waals surface area contributed by atoms with Crippen LogP contribution in [-0.2, 0) is 4.79 Å². The highest BCUT2D eigenvalue weighted by atomic mass is 19.4. The monoisotopic (exact) mass is 265 g/mol. The van der Waals surface area contributed by atoms with Gasteiger partial charge in [0.2, 0.25) is 0 Å². The van der Waals surface area contributed by atoms with E-state index in [2.05, 4.69) is 0 Å². The van der Waals surface area contributed by atoms with Crippen LogP contribution in [0.2, 0.25) is 0 Å². The highest BCUT2D eigenvalue weighted by Crippen LogP contribution is 2.21. The maximum atomic E-state index is 12.8. The third-order valence-corrected chi connectivity index (χ3v) is 1.79. The quantitative estimate of drug-likeness (QED) is 0.567. The number of halogens is 4. The van der Waals surface area contributed by atoms with Gasteiger partial charge in [0.25, 0.3) is 0 Å². The molecule has 0 bridgehead atoms. The summed E-state index contributed by atoms with van der Waals surface area (Å²) in [6, 6.07) is 4.87. The number of furan rings is 1. The van der Waals surface area contributed by atoms with E-state index >= 15 is 0 Å². The van der Waals surface area contributed by atoms with Crippen molar-refractivity contribution < 1.29 is 31.9 Å². The average molecular weight is 265 g/mol. The molecule has 0 saturated carbocycles. The molecule has 0 aliphatic rings. The molecule has 8 heteroatoms. The van der Waals surface area contributed by atoms with Gasteiger partial charge in [0, 0.05) is 5.69 Å². The molecular formula is C10H7F4NO3. The standard InChI is InChI=1S/C8H6FNO.C2HF3O2/c9-7-4-11-8-2-1-5(10)3-6(7)8;3-2(4,5)1(6)7/h1-4H,10H2;(H,6,7). The van der Waals surface area contributed by atoms with Crippen LogP contribution in [0.25, 0.3) is 11.0 Å². The fourth-order valence-corrected chi connectivity index (χ4v) is 1.02. The van der Waals surface area contributed by atoms with Crippen LogP contribution in [0.15, 0.2) is 28.9 Å². The van der Waals surface area contributed by atoms with Gasteiger partial charge in [-0.05, 0) is 18.2 Å². The van der Waals surface area contributed by atoms with E-state index in [1.54, 1.807) is 18.2 Å². The minimum Gasteiger partial charge on any atom is -0.475 e. The zero-order valence-corrected chi connectivity index (χ0v) is 8.66. The van der Waals surface area contributed by atoms with Crippen molar-refractivity contribution in [2.45, 2.75) is 6.18 Å². The van der Waals surface area contributed by atoms with Gasteiger partial charge in [-0.15, -0.1) is 0 Å². The normalized spacial score (nSPS) is 10.9. The number of carboxylic acid groups (broad SMARTS) is 1. The maximum Gasteiger partial charge on any atom is 0.490 e. The fraction of sp³-hybridized carbons (Fsp3) is 0.100. The number of carbonyl (C=O) groups is 1. The fourth-order valence-electron chi connectivity index (χ4n) is 1.02. The van der Waals surface area contributed by atoms with Crippen molar-refractivity contribution >= 4 is 22.6 Å². The molecule has 0 amide bonds. The number of benzene rings is 1. The number of nitrogens with two attached hydrogens (primary N) is 1. The summed E-state index contributed by atoms with van der Waals surface area (Å²) < 4.78 is 49.4. The van der Waals surface area contributed by atoms with E-state index in [1.807, 2.05) is 0 Å². The second-order valence-corrected chi connectivity index (χ2v) is 3.14. The number of alkyl halides is 3. The zero-order valence-electron chi connectivity index (χ0n) is 8.66. The van der Waals surface area contributed by atoms with Gasteiger partial charge in [-0.2, -0.15) is 13.2 Å². The van der Waals surface area contributed by atoms with Crippen molar-refractivity contribution in [3.8, 4) is 0 Å². The van der Waals surface area contributed by atoms with Gasteiger partial charge >= 0.3 is 12.1 Å². The largest absolute Gasteiger partial charge is 0.490 e.